The molecule has 1 saturated carbocycles. The summed E-state index contributed by atoms with van der Waals surface area (Å²) in [7, 11) is 1.77. The number of ether oxygens (including phenoxy) is 1. The molecule has 0 aromatic rings. The number of nitrogens with zero attached hydrogens (tertiary/aromatic N) is 3. The molecule has 5 nitrogen and oxygen atoms in total. The fourth-order valence-corrected chi connectivity index (χ4v) is 4.82. The molecule has 0 atom stereocenters. The summed E-state index contributed by atoms with van der Waals surface area (Å²) in [5.41, 5.74) is -0.142. The molecule has 0 aromatic carbocycles. The van der Waals surface area contributed by atoms with E-state index in [1.165, 1.54) is 32.1 Å². The Labute approximate surface area is 147 Å². The van der Waals surface area contributed by atoms with Gasteiger partial charge in [0.25, 0.3) is 0 Å². The van der Waals surface area contributed by atoms with Crippen LogP contribution in [0.4, 0.5) is 0 Å². The zero-order valence-electron chi connectivity index (χ0n) is 15.5. The summed E-state index contributed by atoms with van der Waals surface area (Å²) in [5, 5.41) is 0. The molecule has 0 radical (unpaired) electrons. The molecule has 0 spiro atoms. The molecule has 3 fully saturated rings. The molecule has 3 rings (SSSR count). The van der Waals surface area contributed by atoms with Gasteiger partial charge in [-0.15, -0.1) is 0 Å². The van der Waals surface area contributed by atoms with Gasteiger partial charge in [0.05, 0.1) is 0 Å². The largest absolute Gasteiger partial charge is 0.385 e. The quantitative estimate of drug-likeness (QED) is 0.666. The van der Waals surface area contributed by atoms with Gasteiger partial charge in [-0.25, -0.2) is 0 Å². The van der Waals surface area contributed by atoms with Gasteiger partial charge in [0.2, 0.25) is 5.91 Å². The van der Waals surface area contributed by atoms with E-state index in [-0.39, 0.29) is 5.54 Å². The summed E-state index contributed by atoms with van der Waals surface area (Å²) in [6, 6.07) is 0. The summed E-state index contributed by atoms with van der Waals surface area (Å²) in [6.45, 7) is 8.16. The zero-order chi connectivity index (χ0) is 16.8. The Balaban J connectivity index is 1.50. The molecule has 0 bridgehead atoms. The van der Waals surface area contributed by atoms with Crippen LogP contribution in [0.25, 0.3) is 0 Å². The van der Waals surface area contributed by atoms with Crippen LogP contribution in [0.2, 0.25) is 0 Å². The first kappa shape index (κ1) is 18.2. The zero-order valence-corrected chi connectivity index (χ0v) is 15.5. The van der Waals surface area contributed by atoms with Gasteiger partial charge < -0.3 is 9.64 Å². The van der Waals surface area contributed by atoms with Crippen molar-refractivity contribution in [2.75, 3.05) is 59.5 Å². The average Bonchev–Trinajstić information content (AvgIpc) is 3.30. The van der Waals surface area contributed by atoms with Gasteiger partial charge in [0.1, 0.15) is 5.54 Å². The molecule has 2 saturated heterocycles. The number of unbranched alkanes of at least 4 members (excludes halogenated alkanes) is 1. The van der Waals surface area contributed by atoms with Gasteiger partial charge in [-0.05, 0) is 58.2 Å². The van der Waals surface area contributed by atoms with Crippen molar-refractivity contribution < 1.29 is 9.53 Å². The third kappa shape index (κ3) is 3.94. The Hall–Kier alpha value is -0.650. The summed E-state index contributed by atoms with van der Waals surface area (Å²) in [5.74, 6) is 0.445. The van der Waals surface area contributed by atoms with Gasteiger partial charge >= 0.3 is 0 Å². The maximum absolute atomic E-state index is 13.4. The van der Waals surface area contributed by atoms with Gasteiger partial charge in [-0.1, -0.05) is 12.8 Å². The first-order valence-electron chi connectivity index (χ1n) is 10.0. The van der Waals surface area contributed by atoms with Crippen LogP contribution in [0.1, 0.15) is 51.4 Å². The number of carbonyl (C=O) groups is 1. The van der Waals surface area contributed by atoms with Crippen LogP contribution < -0.4 is 0 Å². The number of amides is 1. The van der Waals surface area contributed by atoms with Gasteiger partial charge in [0, 0.05) is 39.9 Å². The molecule has 3 aliphatic rings. The number of methoxy groups -OCH3 is 1. The van der Waals surface area contributed by atoms with E-state index in [1.807, 2.05) is 0 Å². The van der Waals surface area contributed by atoms with Gasteiger partial charge in [0.15, 0.2) is 0 Å². The van der Waals surface area contributed by atoms with Crippen molar-refractivity contribution in [3.05, 3.63) is 0 Å². The van der Waals surface area contributed by atoms with E-state index in [4.69, 9.17) is 4.74 Å². The highest BCUT2D eigenvalue weighted by Gasteiger charge is 2.48. The molecule has 2 heterocycles. The minimum absolute atomic E-state index is 0.142. The highest BCUT2D eigenvalue weighted by atomic mass is 16.5. The minimum atomic E-state index is -0.142. The third-order valence-corrected chi connectivity index (χ3v) is 6.27. The molecule has 0 aromatic heterocycles. The second kappa shape index (κ2) is 8.63. The Morgan fingerprint density at radius 3 is 2.21 bits per heavy atom. The number of carbonyl (C=O) groups excluding carboxylic acids is 1. The Morgan fingerprint density at radius 1 is 0.917 bits per heavy atom. The van der Waals surface area contributed by atoms with Gasteiger partial charge in [-0.2, -0.15) is 0 Å². The highest BCUT2D eigenvalue weighted by molar-refractivity contribution is 5.87. The molecular formula is C19H35N3O2. The first-order valence-corrected chi connectivity index (χ1v) is 10.0. The van der Waals surface area contributed by atoms with Crippen LogP contribution in [0.3, 0.4) is 0 Å². The SMILES string of the molecule is COCCCCN1CCN(C(=O)C2(N3CCCC3)CCCC2)CC1. The number of likely N-dealkylation sites (tertiary alicyclic amines) is 1. The maximum Gasteiger partial charge on any atom is 0.243 e. The van der Waals surface area contributed by atoms with Crippen LogP contribution in [-0.4, -0.2) is 85.7 Å². The Bertz CT molecular complexity index is 395. The van der Waals surface area contributed by atoms with Crippen LogP contribution in [0.5, 0.6) is 0 Å². The summed E-state index contributed by atoms with van der Waals surface area (Å²) >= 11 is 0. The van der Waals surface area contributed by atoms with Crippen molar-refractivity contribution >= 4 is 5.91 Å². The van der Waals surface area contributed by atoms with Gasteiger partial charge in [-0.3, -0.25) is 14.6 Å². The number of hydrogen-bond donors (Lipinski definition) is 0. The minimum Gasteiger partial charge on any atom is -0.385 e. The maximum atomic E-state index is 13.4. The highest BCUT2D eigenvalue weighted by Crippen LogP contribution is 2.39. The lowest BCUT2D eigenvalue weighted by atomic mass is 9.93. The standard InChI is InChI=1S/C19H35N3O2/c1-24-17-7-6-10-20-13-15-21(16-14-20)18(23)19(8-2-3-9-19)22-11-4-5-12-22/h2-17H2,1H3. The number of hydrogen-bond acceptors (Lipinski definition) is 4. The van der Waals surface area contributed by atoms with Crippen molar-refractivity contribution in [1.82, 2.24) is 14.7 Å². The van der Waals surface area contributed by atoms with Crippen LogP contribution in [0.15, 0.2) is 0 Å². The molecule has 5 heteroatoms. The van der Waals surface area contributed by atoms with E-state index in [1.54, 1.807) is 7.11 Å². The predicted molar refractivity (Wildman–Crippen MR) is 96.1 cm³/mol. The lowest BCUT2D eigenvalue weighted by Gasteiger charge is -2.43. The Kier molecular flexibility index (Phi) is 6.53. The predicted octanol–water partition coefficient (Wildman–Crippen LogP) is 1.97. The van der Waals surface area contributed by atoms with E-state index in [0.29, 0.717) is 5.91 Å². The monoisotopic (exact) mass is 337 g/mol. The smallest absolute Gasteiger partial charge is 0.243 e. The third-order valence-electron chi connectivity index (χ3n) is 6.27. The summed E-state index contributed by atoms with van der Waals surface area (Å²) < 4.78 is 5.12. The lowest BCUT2D eigenvalue weighted by molar-refractivity contribution is -0.145. The fourth-order valence-electron chi connectivity index (χ4n) is 4.82. The van der Waals surface area contributed by atoms with E-state index in [2.05, 4.69) is 14.7 Å². The Morgan fingerprint density at radius 2 is 1.58 bits per heavy atom. The molecule has 0 unspecified atom stereocenters. The molecule has 1 aliphatic carbocycles. The normalized spacial score (nSPS) is 25.5. The van der Waals surface area contributed by atoms with Crippen molar-refractivity contribution in [1.29, 1.82) is 0 Å². The number of piperazine rings is 1. The van der Waals surface area contributed by atoms with E-state index < -0.39 is 0 Å². The molecule has 138 valence electrons. The second-order valence-corrected chi connectivity index (χ2v) is 7.77. The lowest BCUT2D eigenvalue weighted by Crippen LogP contribution is -2.60. The van der Waals surface area contributed by atoms with E-state index in [0.717, 1.165) is 71.7 Å². The summed E-state index contributed by atoms with van der Waals surface area (Å²) in [4.78, 5) is 20.6. The summed E-state index contributed by atoms with van der Waals surface area (Å²) in [6.07, 6.45) is 9.48. The van der Waals surface area contributed by atoms with E-state index in [9.17, 15) is 4.79 Å². The number of rotatable bonds is 7. The van der Waals surface area contributed by atoms with Crippen LogP contribution >= 0.6 is 0 Å². The molecule has 0 N–H and O–H groups in total. The van der Waals surface area contributed by atoms with Crippen molar-refractivity contribution in [3.8, 4) is 0 Å². The topological polar surface area (TPSA) is 36.0 Å². The molecule has 1 amide bonds. The van der Waals surface area contributed by atoms with Crippen LogP contribution in [0, 0.1) is 0 Å². The first-order chi connectivity index (χ1) is 11.8. The molecule has 2 aliphatic heterocycles. The fraction of sp³-hybridized carbons (Fsp3) is 0.947. The van der Waals surface area contributed by atoms with Crippen molar-refractivity contribution in [2.45, 2.75) is 56.9 Å². The van der Waals surface area contributed by atoms with E-state index >= 15 is 0 Å². The van der Waals surface area contributed by atoms with Crippen LogP contribution in [-0.2, 0) is 9.53 Å². The molecule has 24 heavy (non-hydrogen) atoms. The average molecular weight is 338 g/mol. The molecular weight excluding hydrogens is 302 g/mol. The second-order valence-electron chi connectivity index (χ2n) is 7.77. The van der Waals surface area contributed by atoms with Crippen molar-refractivity contribution in [2.24, 2.45) is 0 Å². The van der Waals surface area contributed by atoms with Crippen molar-refractivity contribution in [3.63, 3.8) is 0 Å².